The number of benzene rings is 1. The van der Waals surface area contributed by atoms with E-state index in [4.69, 9.17) is 22.4 Å². The lowest BCUT2D eigenvalue weighted by Crippen LogP contribution is -2.35. The van der Waals surface area contributed by atoms with Crippen LogP contribution in [0.3, 0.4) is 0 Å². The predicted molar refractivity (Wildman–Crippen MR) is 75.6 cm³/mol. The van der Waals surface area contributed by atoms with Crippen LogP contribution in [0.2, 0.25) is 5.02 Å². The van der Waals surface area contributed by atoms with Gasteiger partial charge >= 0.3 is 0 Å². The molecule has 1 aliphatic heterocycles. The second-order valence-corrected chi connectivity index (χ2v) is 5.54. The molecular formula is C14H21ClN2O. The zero-order chi connectivity index (χ0) is 13.0. The number of aliphatic hydroxyl groups excluding tert-OH is 1. The number of piperidine rings is 1. The molecule has 3 N–H and O–H groups in total. The molecule has 1 saturated heterocycles. The Bertz CT molecular complexity index is 395. The van der Waals surface area contributed by atoms with Crippen LogP contribution in [0.1, 0.15) is 24.8 Å². The summed E-state index contributed by atoms with van der Waals surface area (Å²) in [5, 5.41) is 9.76. The lowest BCUT2D eigenvalue weighted by Gasteiger charge is -2.32. The van der Waals surface area contributed by atoms with Crippen molar-refractivity contribution in [2.24, 2.45) is 5.92 Å². The summed E-state index contributed by atoms with van der Waals surface area (Å²) in [7, 11) is 0. The van der Waals surface area contributed by atoms with Crippen molar-refractivity contribution in [3.05, 3.63) is 28.8 Å². The van der Waals surface area contributed by atoms with Crippen molar-refractivity contribution >= 4 is 17.3 Å². The van der Waals surface area contributed by atoms with Crippen molar-refractivity contribution in [3.8, 4) is 0 Å². The number of nitrogens with zero attached hydrogens (tertiary/aromatic N) is 1. The topological polar surface area (TPSA) is 49.5 Å². The molecule has 1 aromatic carbocycles. The normalized spacial score (nSPS) is 21.1. The summed E-state index contributed by atoms with van der Waals surface area (Å²) in [6.45, 7) is 3.30. The van der Waals surface area contributed by atoms with Gasteiger partial charge in [-0.3, -0.25) is 4.90 Å². The standard InChI is InChI=1S/C14H21ClN2O/c15-13-3-4-14(16)12(8-13)10-17-6-1-2-11(9-17)5-7-18/h3-4,8,11,18H,1-2,5-7,9-10,16H2. The number of anilines is 1. The number of likely N-dealkylation sites (tertiary alicyclic amines) is 1. The van der Waals surface area contributed by atoms with Crippen LogP contribution in [-0.2, 0) is 6.54 Å². The van der Waals surface area contributed by atoms with Crippen LogP contribution in [0.25, 0.3) is 0 Å². The molecular weight excluding hydrogens is 248 g/mol. The highest BCUT2D eigenvalue weighted by molar-refractivity contribution is 6.30. The Balaban J connectivity index is 1.98. The Morgan fingerprint density at radius 3 is 3.06 bits per heavy atom. The molecule has 0 aromatic heterocycles. The quantitative estimate of drug-likeness (QED) is 0.825. The van der Waals surface area contributed by atoms with E-state index >= 15 is 0 Å². The maximum absolute atomic E-state index is 9.02. The molecule has 0 spiro atoms. The minimum absolute atomic E-state index is 0.289. The van der Waals surface area contributed by atoms with E-state index < -0.39 is 0 Å². The molecule has 2 rings (SSSR count). The third-order valence-corrected chi connectivity index (χ3v) is 3.87. The van der Waals surface area contributed by atoms with Crippen LogP contribution in [-0.4, -0.2) is 29.7 Å². The highest BCUT2D eigenvalue weighted by atomic mass is 35.5. The number of rotatable bonds is 4. The molecule has 1 aliphatic rings. The molecule has 0 amide bonds. The molecule has 0 radical (unpaired) electrons. The van der Waals surface area contributed by atoms with Gasteiger partial charge in [0.2, 0.25) is 0 Å². The molecule has 0 bridgehead atoms. The Hall–Kier alpha value is -0.770. The smallest absolute Gasteiger partial charge is 0.0434 e. The van der Waals surface area contributed by atoms with E-state index in [1.54, 1.807) is 0 Å². The van der Waals surface area contributed by atoms with Crippen LogP contribution in [0.4, 0.5) is 5.69 Å². The minimum Gasteiger partial charge on any atom is -0.398 e. The zero-order valence-electron chi connectivity index (χ0n) is 10.6. The lowest BCUT2D eigenvalue weighted by atomic mass is 9.95. The van der Waals surface area contributed by atoms with Crippen LogP contribution >= 0.6 is 11.6 Å². The second-order valence-electron chi connectivity index (χ2n) is 5.10. The largest absolute Gasteiger partial charge is 0.398 e. The van der Waals surface area contributed by atoms with Crippen molar-refractivity contribution in [3.63, 3.8) is 0 Å². The van der Waals surface area contributed by atoms with E-state index in [2.05, 4.69) is 4.90 Å². The number of hydrogen-bond donors (Lipinski definition) is 2. The average molecular weight is 269 g/mol. The Morgan fingerprint density at radius 1 is 1.44 bits per heavy atom. The van der Waals surface area contributed by atoms with Crippen molar-refractivity contribution in [1.82, 2.24) is 4.90 Å². The maximum Gasteiger partial charge on any atom is 0.0434 e. The first-order valence-corrected chi connectivity index (χ1v) is 6.94. The summed E-state index contributed by atoms with van der Waals surface area (Å²) in [5.41, 5.74) is 7.89. The second kappa shape index (κ2) is 6.41. The Morgan fingerprint density at radius 2 is 2.28 bits per heavy atom. The van der Waals surface area contributed by atoms with Crippen LogP contribution in [0, 0.1) is 5.92 Å². The van der Waals surface area contributed by atoms with Crippen molar-refractivity contribution in [1.29, 1.82) is 0 Å². The first kappa shape index (κ1) is 13.7. The molecule has 4 heteroatoms. The van der Waals surface area contributed by atoms with Gasteiger partial charge < -0.3 is 10.8 Å². The zero-order valence-corrected chi connectivity index (χ0v) is 11.4. The fraction of sp³-hybridized carbons (Fsp3) is 0.571. The molecule has 3 nitrogen and oxygen atoms in total. The monoisotopic (exact) mass is 268 g/mol. The number of halogens is 1. The number of nitrogens with two attached hydrogens (primary N) is 1. The van der Waals surface area contributed by atoms with E-state index in [-0.39, 0.29) is 6.61 Å². The summed E-state index contributed by atoms with van der Waals surface area (Å²) in [6, 6.07) is 5.64. The highest BCUT2D eigenvalue weighted by Crippen LogP contribution is 2.24. The van der Waals surface area contributed by atoms with Crippen LogP contribution < -0.4 is 5.73 Å². The Labute approximate surface area is 114 Å². The van der Waals surface area contributed by atoms with Gasteiger partial charge in [0.05, 0.1) is 0 Å². The first-order valence-electron chi connectivity index (χ1n) is 6.56. The van der Waals surface area contributed by atoms with Crippen molar-refractivity contribution < 1.29 is 5.11 Å². The minimum atomic E-state index is 0.289. The van der Waals surface area contributed by atoms with Gasteiger partial charge in [-0.1, -0.05) is 11.6 Å². The van der Waals surface area contributed by atoms with Gasteiger partial charge in [0.25, 0.3) is 0 Å². The summed E-state index contributed by atoms with van der Waals surface area (Å²) < 4.78 is 0. The van der Waals surface area contributed by atoms with Gasteiger partial charge in [0, 0.05) is 30.4 Å². The number of hydrogen-bond acceptors (Lipinski definition) is 3. The molecule has 0 aliphatic carbocycles. The summed E-state index contributed by atoms with van der Waals surface area (Å²) in [4.78, 5) is 2.41. The first-order chi connectivity index (χ1) is 8.69. The van der Waals surface area contributed by atoms with Crippen molar-refractivity contribution in [2.45, 2.75) is 25.8 Å². The maximum atomic E-state index is 9.02. The third kappa shape index (κ3) is 3.61. The van der Waals surface area contributed by atoms with E-state index in [0.717, 1.165) is 42.3 Å². The van der Waals surface area contributed by atoms with Crippen molar-refractivity contribution in [2.75, 3.05) is 25.4 Å². The SMILES string of the molecule is Nc1ccc(Cl)cc1CN1CCCC(CCO)C1. The molecule has 100 valence electrons. The van der Waals surface area contributed by atoms with Gasteiger partial charge in [0.15, 0.2) is 0 Å². The van der Waals surface area contributed by atoms with Gasteiger partial charge in [-0.2, -0.15) is 0 Å². The molecule has 1 atom stereocenters. The summed E-state index contributed by atoms with van der Waals surface area (Å²) in [5.74, 6) is 0.615. The number of aliphatic hydroxyl groups is 1. The molecule has 1 fully saturated rings. The number of nitrogen functional groups attached to an aromatic ring is 1. The fourth-order valence-corrected chi connectivity index (χ4v) is 2.86. The van der Waals surface area contributed by atoms with Crippen LogP contribution in [0.15, 0.2) is 18.2 Å². The molecule has 18 heavy (non-hydrogen) atoms. The lowest BCUT2D eigenvalue weighted by molar-refractivity contribution is 0.142. The predicted octanol–water partition coefficient (Wildman–Crippen LogP) is 2.52. The van der Waals surface area contributed by atoms with Crippen LogP contribution in [0.5, 0.6) is 0 Å². The molecule has 1 aromatic rings. The third-order valence-electron chi connectivity index (χ3n) is 3.64. The summed E-state index contributed by atoms with van der Waals surface area (Å²) in [6.07, 6.45) is 3.33. The highest BCUT2D eigenvalue weighted by Gasteiger charge is 2.20. The van der Waals surface area contributed by atoms with E-state index in [1.807, 2.05) is 18.2 Å². The van der Waals surface area contributed by atoms with E-state index in [0.29, 0.717) is 5.92 Å². The van der Waals surface area contributed by atoms with Gasteiger partial charge in [-0.15, -0.1) is 0 Å². The van der Waals surface area contributed by atoms with E-state index in [1.165, 1.54) is 12.8 Å². The summed E-state index contributed by atoms with van der Waals surface area (Å²) >= 11 is 6.01. The molecule has 1 unspecified atom stereocenters. The fourth-order valence-electron chi connectivity index (χ4n) is 2.67. The molecule has 1 heterocycles. The Kier molecular flexibility index (Phi) is 4.87. The average Bonchev–Trinajstić information content (AvgIpc) is 2.35. The van der Waals surface area contributed by atoms with Gasteiger partial charge in [0.1, 0.15) is 0 Å². The van der Waals surface area contributed by atoms with E-state index in [9.17, 15) is 0 Å². The van der Waals surface area contributed by atoms with Gasteiger partial charge in [-0.25, -0.2) is 0 Å². The van der Waals surface area contributed by atoms with Gasteiger partial charge in [-0.05, 0) is 55.5 Å². The molecule has 0 saturated carbocycles.